The van der Waals surface area contributed by atoms with Crippen LogP contribution >= 0.6 is 0 Å². The molecule has 1 saturated carbocycles. The second-order valence-corrected chi connectivity index (χ2v) is 11.7. The highest BCUT2D eigenvalue weighted by Gasteiger charge is 2.38. The monoisotopic (exact) mass is 576 g/mol. The zero-order chi connectivity index (χ0) is 30.4. The summed E-state index contributed by atoms with van der Waals surface area (Å²) in [6, 6.07) is 11.6. The summed E-state index contributed by atoms with van der Waals surface area (Å²) in [6.07, 6.45) is 2.11. The molecule has 8 nitrogen and oxygen atoms in total. The van der Waals surface area contributed by atoms with Crippen LogP contribution in [0, 0.1) is 17.6 Å². The topological polar surface area (TPSA) is 117 Å². The first-order valence-corrected chi connectivity index (χ1v) is 13.9. The van der Waals surface area contributed by atoms with Crippen LogP contribution in [-0.4, -0.2) is 45.0 Å². The Kier molecular flexibility index (Phi) is 7.72. The fraction of sp³-hybridized carbons (Fsp3) is 0.375. The molecular formula is C32H34F2N4O4. The second kappa shape index (κ2) is 11.0. The lowest BCUT2D eigenvalue weighted by Crippen LogP contribution is -2.45. The van der Waals surface area contributed by atoms with Crippen molar-refractivity contribution in [3.8, 4) is 17.0 Å². The number of benzene rings is 2. The molecule has 5 rings (SSSR count). The highest BCUT2D eigenvalue weighted by atomic mass is 19.1. The number of hydrogen-bond acceptors (Lipinski definition) is 7. The van der Waals surface area contributed by atoms with Crippen LogP contribution in [0.25, 0.3) is 22.2 Å². The standard InChI is InChI=1S/C32H34F2N4O4/c1-17(2)32(41,26-15-23(31(3,4)40)27(34)29(36-26)19-8-10-22(33)11-9-19)16-35-30(39)21-12-20-13-24(18-6-7-18)37-38-28(20)25(14-21)42-5/h8-15,17-18,40-41H,6-7,16H2,1-5H3,(H,35,39). The molecule has 2 aromatic heterocycles. The molecule has 4 aromatic rings. The number of methoxy groups -OCH3 is 1. The van der Waals surface area contributed by atoms with Gasteiger partial charge in [-0.25, -0.2) is 13.8 Å². The zero-order valence-corrected chi connectivity index (χ0v) is 24.2. The summed E-state index contributed by atoms with van der Waals surface area (Å²) in [7, 11) is 1.49. The Morgan fingerprint density at radius 2 is 1.76 bits per heavy atom. The van der Waals surface area contributed by atoms with Crippen molar-refractivity contribution in [1.82, 2.24) is 20.5 Å². The molecule has 2 aromatic carbocycles. The number of pyridine rings is 1. The molecule has 42 heavy (non-hydrogen) atoms. The van der Waals surface area contributed by atoms with Crippen LogP contribution in [0.4, 0.5) is 8.78 Å². The van der Waals surface area contributed by atoms with Crippen molar-refractivity contribution in [1.29, 1.82) is 0 Å². The van der Waals surface area contributed by atoms with Crippen LogP contribution in [0.15, 0.2) is 48.5 Å². The Labute approximate surface area is 242 Å². The first kappa shape index (κ1) is 29.5. The summed E-state index contributed by atoms with van der Waals surface area (Å²) >= 11 is 0. The third kappa shape index (κ3) is 5.69. The quantitative estimate of drug-likeness (QED) is 0.246. The first-order valence-electron chi connectivity index (χ1n) is 13.9. The molecule has 220 valence electrons. The van der Waals surface area contributed by atoms with Crippen molar-refractivity contribution in [2.45, 2.75) is 57.7 Å². The predicted octanol–water partition coefficient (Wildman–Crippen LogP) is 5.36. The fourth-order valence-corrected chi connectivity index (χ4v) is 4.91. The van der Waals surface area contributed by atoms with E-state index in [9.17, 15) is 19.4 Å². The molecule has 0 saturated heterocycles. The number of hydrogen-bond donors (Lipinski definition) is 3. The van der Waals surface area contributed by atoms with Gasteiger partial charge in [-0.1, -0.05) is 13.8 Å². The average molecular weight is 577 g/mol. The van der Waals surface area contributed by atoms with E-state index < -0.39 is 34.7 Å². The van der Waals surface area contributed by atoms with Gasteiger partial charge in [-0.3, -0.25) is 4.79 Å². The highest BCUT2D eigenvalue weighted by Crippen LogP contribution is 2.40. The van der Waals surface area contributed by atoms with Gasteiger partial charge in [0.1, 0.15) is 28.4 Å². The minimum atomic E-state index is -1.76. The Balaban J connectivity index is 1.51. The average Bonchev–Trinajstić information content (AvgIpc) is 3.80. The van der Waals surface area contributed by atoms with Gasteiger partial charge < -0.3 is 20.3 Å². The Morgan fingerprint density at radius 3 is 2.36 bits per heavy atom. The second-order valence-electron chi connectivity index (χ2n) is 11.7. The van der Waals surface area contributed by atoms with Crippen molar-refractivity contribution in [3.05, 3.63) is 82.7 Å². The van der Waals surface area contributed by atoms with Crippen LogP contribution in [-0.2, 0) is 11.2 Å². The zero-order valence-electron chi connectivity index (χ0n) is 24.2. The molecule has 1 fully saturated rings. The SMILES string of the molecule is COc1cc(C(=O)NCC(O)(c2cc(C(C)(C)O)c(F)c(-c3ccc(F)cc3)n2)C(C)C)cc2cc(C3CC3)nnc12. The van der Waals surface area contributed by atoms with Gasteiger partial charge in [0.05, 0.1) is 30.6 Å². The van der Waals surface area contributed by atoms with Crippen molar-refractivity contribution in [2.75, 3.05) is 13.7 Å². The number of aromatic nitrogens is 3. The number of halogens is 2. The number of nitrogens with one attached hydrogen (secondary N) is 1. The lowest BCUT2D eigenvalue weighted by atomic mass is 9.83. The lowest BCUT2D eigenvalue weighted by molar-refractivity contribution is -0.0129. The van der Waals surface area contributed by atoms with E-state index in [1.807, 2.05) is 6.07 Å². The number of amides is 1. The van der Waals surface area contributed by atoms with E-state index in [2.05, 4.69) is 20.5 Å². The molecule has 1 atom stereocenters. The van der Waals surface area contributed by atoms with Gasteiger partial charge >= 0.3 is 0 Å². The normalized spacial score (nSPS) is 15.1. The maximum Gasteiger partial charge on any atom is 0.251 e. The van der Waals surface area contributed by atoms with Crippen molar-refractivity contribution in [3.63, 3.8) is 0 Å². The molecule has 0 bridgehead atoms. The maximum atomic E-state index is 15.7. The fourth-order valence-electron chi connectivity index (χ4n) is 4.91. The molecule has 0 radical (unpaired) electrons. The molecule has 0 aliphatic heterocycles. The van der Waals surface area contributed by atoms with Crippen LogP contribution in [0.5, 0.6) is 5.75 Å². The molecular weight excluding hydrogens is 542 g/mol. The number of aliphatic hydroxyl groups is 2. The highest BCUT2D eigenvalue weighted by molar-refractivity contribution is 5.99. The smallest absolute Gasteiger partial charge is 0.251 e. The summed E-state index contributed by atoms with van der Waals surface area (Å²) in [5.41, 5.74) is -1.59. The summed E-state index contributed by atoms with van der Waals surface area (Å²) in [5.74, 6) is -1.48. The van der Waals surface area contributed by atoms with E-state index in [4.69, 9.17) is 4.74 Å². The Bertz CT molecular complexity index is 1650. The maximum absolute atomic E-state index is 15.7. The van der Waals surface area contributed by atoms with Gasteiger partial charge in [0.2, 0.25) is 0 Å². The molecule has 1 unspecified atom stereocenters. The van der Waals surface area contributed by atoms with Crippen LogP contribution < -0.4 is 10.1 Å². The summed E-state index contributed by atoms with van der Waals surface area (Å²) in [4.78, 5) is 17.9. The number of carbonyl (C=O) groups is 1. The third-order valence-electron chi connectivity index (χ3n) is 7.80. The largest absolute Gasteiger partial charge is 0.494 e. The third-order valence-corrected chi connectivity index (χ3v) is 7.80. The van der Waals surface area contributed by atoms with Crippen molar-refractivity contribution >= 4 is 16.8 Å². The van der Waals surface area contributed by atoms with Gasteiger partial charge in [-0.2, -0.15) is 5.10 Å². The predicted molar refractivity (Wildman–Crippen MR) is 154 cm³/mol. The van der Waals surface area contributed by atoms with Crippen LogP contribution in [0.3, 0.4) is 0 Å². The minimum absolute atomic E-state index is 0.0519. The van der Waals surface area contributed by atoms with Crippen molar-refractivity contribution < 1.29 is 28.5 Å². The van der Waals surface area contributed by atoms with E-state index in [0.717, 1.165) is 23.9 Å². The number of ether oxygens (including phenoxy) is 1. The summed E-state index contributed by atoms with van der Waals surface area (Å²) in [6.45, 7) is 6.07. The summed E-state index contributed by atoms with van der Waals surface area (Å²) < 4.78 is 34.7. The number of nitrogens with zero attached hydrogens (tertiary/aromatic N) is 3. The summed E-state index contributed by atoms with van der Waals surface area (Å²) in [5, 5.41) is 34.8. The molecule has 0 spiro atoms. The molecule has 1 aliphatic rings. The lowest BCUT2D eigenvalue weighted by Gasteiger charge is -2.33. The number of rotatable bonds is 9. The van der Waals surface area contributed by atoms with E-state index in [1.54, 1.807) is 26.0 Å². The Hall–Kier alpha value is -4.02. The van der Waals surface area contributed by atoms with Crippen molar-refractivity contribution in [2.24, 2.45) is 5.92 Å². The van der Waals surface area contributed by atoms with E-state index in [1.165, 1.54) is 51.3 Å². The van der Waals surface area contributed by atoms with Gasteiger partial charge in [0, 0.05) is 28.0 Å². The first-order chi connectivity index (χ1) is 19.8. The van der Waals surface area contributed by atoms with E-state index >= 15 is 4.39 Å². The minimum Gasteiger partial charge on any atom is -0.494 e. The van der Waals surface area contributed by atoms with Gasteiger partial charge in [0.15, 0.2) is 5.82 Å². The number of fused-ring (bicyclic) bond motifs is 1. The molecule has 10 heteroatoms. The van der Waals surface area contributed by atoms with Gasteiger partial charge in [0.25, 0.3) is 5.91 Å². The van der Waals surface area contributed by atoms with E-state index in [0.29, 0.717) is 22.7 Å². The molecule has 3 N–H and O–H groups in total. The van der Waals surface area contributed by atoms with Gasteiger partial charge in [-0.05, 0) is 81.1 Å². The number of carbonyl (C=O) groups excluding carboxylic acids is 1. The Morgan fingerprint density at radius 1 is 1.07 bits per heavy atom. The van der Waals surface area contributed by atoms with Crippen LogP contribution in [0.1, 0.15) is 73.8 Å². The van der Waals surface area contributed by atoms with Crippen LogP contribution in [0.2, 0.25) is 0 Å². The van der Waals surface area contributed by atoms with E-state index in [-0.39, 0.29) is 29.1 Å². The molecule has 1 amide bonds. The van der Waals surface area contributed by atoms with Gasteiger partial charge in [-0.15, -0.1) is 5.10 Å². The molecule has 2 heterocycles. The molecule has 1 aliphatic carbocycles.